The molecule has 0 amide bonds. The Hall–Kier alpha value is -2.76. The third-order valence-electron chi connectivity index (χ3n) is 5.49. The maximum Gasteiger partial charge on any atom is 0.261 e. The normalized spacial score (nSPS) is 12.3. The minimum Gasteiger partial charge on any atom is -0.361 e. The van der Waals surface area contributed by atoms with Crippen LogP contribution in [-0.2, 0) is 15.4 Å². The smallest absolute Gasteiger partial charge is 0.261 e. The number of nitrogens with one attached hydrogen (secondary N) is 2. The van der Waals surface area contributed by atoms with Crippen molar-refractivity contribution in [3.05, 3.63) is 94.6 Å². The van der Waals surface area contributed by atoms with Crippen LogP contribution in [0.15, 0.2) is 77.8 Å². The lowest BCUT2D eigenvalue weighted by molar-refractivity contribution is 0.600. The van der Waals surface area contributed by atoms with Crippen LogP contribution in [0.5, 0.6) is 0 Å². The van der Waals surface area contributed by atoms with E-state index in [1.165, 1.54) is 0 Å². The van der Waals surface area contributed by atoms with E-state index in [0.717, 1.165) is 27.6 Å². The number of rotatable bonds is 5. The summed E-state index contributed by atoms with van der Waals surface area (Å²) in [6, 6.07) is 20.1. The molecule has 1 heterocycles. The number of para-hydroxylation sites is 1. The zero-order valence-electron chi connectivity index (χ0n) is 17.0. The van der Waals surface area contributed by atoms with Gasteiger partial charge in [-0.3, -0.25) is 4.72 Å². The van der Waals surface area contributed by atoms with Gasteiger partial charge in [0.05, 0.1) is 10.6 Å². The number of aromatic amines is 1. The van der Waals surface area contributed by atoms with Crippen LogP contribution in [0.2, 0.25) is 5.02 Å². The minimum atomic E-state index is -3.71. The van der Waals surface area contributed by atoms with Crippen molar-refractivity contribution < 1.29 is 8.42 Å². The molecule has 6 heteroatoms. The molecule has 1 aromatic heterocycles. The van der Waals surface area contributed by atoms with Gasteiger partial charge in [0.25, 0.3) is 10.0 Å². The molecule has 0 aliphatic heterocycles. The fourth-order valence-electron chi connectivity index (χ4n) is 3.79. The van der Waals surface area contributed by atoms with E-state index >= 15 is 0 Å². The first kappa shape index (κ1) is 20.5. The summed E-state index contributed by atoms with van der Waals surface area (Å²) in [5.41, 5.74) is 3.99. The molecule has 0 spiro atoms. The van der Waals surface area contributed by atoms with Gasteiger partial charge >= 0.3 is 0 Å². The van der Waals surface area contributed by atoms with Gasteiger partial charge in [0, 0.05) is 27.5 Å². The average molecular weight is 439 g/mol. The summed E-state index contributed by atoms with van der Waals surface area (Å²) >= 11 is 6.24. The third kappa shape index (κ3) is 3.71. The molecule has 4 aromatic rings. The molecule has 0 saturated heterocycles. The van der Waals surface area contributed by atoms with Crippen molar-refractivity contribution in [3.63, 3.8) is 0 Å². The number of halogens is 1. The number of aromatic nitrogens is 1. The molecule has 0 atom stereocenters. The number of sulfonamides is 1. The fraction of sp³-hybridized carbons (Fsp3) is 0.167. The highest BCUT2D eigenvalue weighted by Crippen LogP contribution is 2.40. The summed E-state index contributed by atoms with van der Waals surface area (Å²) < 4.78 is 28.8. The quantitative estimate of drug-likeness (QED) is 0.386. The van der Waals surface area contributed by atoms with Crippen LogP contribution < -0.4 is 4.72 Å². The Kier molecular flexibility index (Phi) is 5.12. The molecule has 0 radical (unpaired) electrons. The van der Waals surface area contributed by atoms with Crippen molar-refractivity contribution in [2.24, 2.45) is 0 Å². The van der Waals surface area contributed by atoms with Gasteiger partial charge in [0.2, 0.25) is 0 Å². The number of aryl methyl sites for hydroxylation is 1. The standard InChI is InChI=1S/C24H23ClN2O2S/c1-16-8-11-18(12-9-16)30(28,29)27-23-7-5-4-6-20(23)24(2,3)21-15-26-22-13-10-17(25)14-19(21)22/h4-15,26-27H,1-3H3. The second-order valence-corrected chi connectivity index (χ2v) is 10.1. The van der Waals surface area contributed by atoms with E-state index in [2.05, 4.69) is 23.6 Å². The lowest BCUT2D eigenvalue weighted by Gasteiger charge is -2.28. The lowest BCUT2D eigenvalue weighted by Crippen LogP contribution is -2.22. The van der Waals surface area contributed by atoms with Crippen LogP contribution in [0.3, 0.4) is 0 Å². The second-order valence-electron chi connectivity index (χ2n) is 7.98. The number of anilines is 1. The van der Waals surface area contributed by atoms with Crippen molar-refractivity contribution in [2.45, 2.75) is 31.1 Å². The van der Waals surface area contributed by atoms with Gasteiger partial charge in [-0.25, -0.2) is 8.42 Å². The Balaban J connectivity index is 1.79. The molecule has 0 aliphatic carbocycles. The van der Waals surface area contributed by atoms with E-state index < -0.39 is 15.4 Å². The van der Waals surface area contributed by atoms with Gasteiger partial charge < -0.3 is 4.98 Å². The number of hydrogen-bond acceptors (Lipinski definition) is 2. The molecule has 0 unspecified atom stereocenters. The van der Waals surface area contributed by atoms with E-state index in [-0.39, 0.29) is 4.90 Å². The highest BCUT2D eigenvalue weighted by molar-refractivity contribution is 7.92. The van der Waals surface area contributed by atoms with Gasteiger partial charge in [0.15, 0.2) is 0 Å². The molecular weight excluding hydrogens is 416 g/mol. The topological polar surface area (TPSA) is 62.0 Å². The number of fused-ring (bicyclic) bond motifs is 1. The highest BCUT2D eigenvalue weighted by Gasteiger charge is 2.30. The van der Waals surface area contributed by atoms with Crippen LogP contribution in [0, 0.1) is 6.92 Å². The first-order valence-electron chi connectivity index (χ1n) is 9.64. The summed E-state index contributed by atoms with van der Waals surface area (Å²) in [5, 5.41) is 1.68. The van der Waals surface area contributed by atoms with Crippen molar-refractivity contribution in [1.29, 1.82) is 0 Å². The largest absolute Gasteiger partial charge is 0.361 e. The SMILES string of the molecule is Cc1ccc(S(=O)(=O)Nc2ccccc2C(C)(C)c2c[nH]c3ccc(Cl)cc23)cc1. The summed E-state index contributed by atoms with van der Waals surface area (Å²) in [5.74, 6) is 0. The molecule has 0 aliphatic rings. The highest BCUT2D eigenvalue weighted by atomic mass is 35.5. The molecule has 4 rings (SSSR count). The van der Waals surface area contributed by atoms with Crippen LogP contribution in [0.25, 0.3) is 10.9 Å². The fourth-order valence-corrected chi connectivity index (χ4v) is 5.05. The second kappa shape index (κ2) is 7.49. The Morgan fingerprint density at radius 1 is 0.933 bits per heavy atom. The van der Waals surface area contributed by atoms with Gasteiger partial charge in [-0.05, 0) is 54.4 Å². The zero-order chi connectivity index (χ0) is 21.5. The van der Waals surface area contributed by atoms with Gasteiger partial charge in [-0.15, -0.1) is 0 Å². The molecule has 0 saturated carbocycles. The van der Waals surface area contributed by atoms with E-state index in [9.17, 15) is 8.42 Å². The number of hydrogen-bond donors (Lipinski definition) is 2. The van der Waals surface area contributed by atoms with Crippen molar-refractivity contribution in [2.75, 3.05) is 4.72 Å². The van der Waals surface area contributed by atoms with Gasteiger partial charge in [-0.1, -0.05) is 61.3 Å². The molecule has 0 fully saturated rings. The Labute approximate surface area is 182 Å². The lowest BCUT2D eigenvalue weighted by atomic mass is 9.77. The molecule has 3 aromatic carbocycles. The predicted molar refractivity (Wildman–Crippen MR) is 124 cm³/mol. The summed E-state index contributed by atoms with van der Waals surface area (Å²) in [7, 11) is -3.71. The molecule has 0 bridgehead atoms. The zero-order valence-corrected chi connectivity index (χ0v) is 18.6. The van der Waals surface area contributed by atoms with E-state index in [1.807, 2.05) is 49.5 Å². The molecule has 2 N–H and O–H groups in total. The maximum atomic E-state index is 13.0. The first-order valence-corrected chi connectivity index (χ1v) is 11.5. The molecule has 4 nitrogen and oxygen atoms in total. The van der Waals surface area contributed by atoms with Crippen LogP contribution in [-0.4, -0.2) is 13.4 Å². The predicted octanol–water partition coefficient (Wildman–Crippen LogP) is 6.26. The Bertz CT molecular complexity index is 1320. The van der Waals surface area contributed by atoms with Gasteiger partial charge in [-0.2, -0.15) is 0 Å². The molecule has 154 valence electrons. The third-order valence-corrected chi connectivity index (χ3v) is 7.11. The Morgan fingerprint density at radius 3 is 2.37 bits per heavy atom. The Morgan fingerprint density at radius 2 is 1.63 bits per heavy atom. The maximum absolute atomic E-state index is 13.0. The van der Waals surface area contributed by atoms with E-state index in [1.54, 1.807) is 30.3 Å². The average Bonchev–Trinajstić information content (AvgIpc) is 3.12. The van der Waals surface area contributed by atoms with Crippen LogP contribution in [0.1, 0.15) is 30.5 Å². The first-order chi connectivity index (χ1) is 14.2. The van der Waals surface area contributed by atoms with Crippen molar-refractivity contribution in [1.82, 2.24) is 4.98 Å². The number of benzene rings is 3. The summed E-state index contributed by atoms with van der Waals surface area (Å²) in [6.45, 7) is 6.08. The summed E-state index contributed by atoms with van der Waals surface area (Å²) in [6.07, 6.45) is 1.96. The van der Waals surface area contributed by atoms with Gasteiger partial charge in [0.1, 0.15) is 0 Å². The number of H-pyrrole nitrogens is 1. The van der Waals surface area contributed by atoms with E-state index in [4.69, 9.17) is 11.6 Å². The van der Waals surface area contributed by atoms with Crippen molar-refractivity contribution in [3.8, 4) is 0 Å². The molecule has 30 heavy (non-hydrogen) atoms. The van der Waals surface area contributed by atoms with Crippen LogP contribution >= 0.6 is 11.6 Å². The van der Waals surface area contributed by atoms with Crippen LogP contribution in [0.4, 0.5) is 5.69 Å². The molecular formula is C24H23ClN2O2S. The minimum absolute atomic E-state index is 0.236. The summed E-state index contributed by atoms with van der Waals surface area (Å²) in [4.78, 5) is 3.53. The van der Waals surface area contributed by atoms with Crippen molar-refractivity contribution >= 4 is 38.2 Å². The monoisotopic (exact) mass is 438 g/mol. The van der Waals surface area contributed by atoms with E-state index in [0.29, 0.717) is 10.7 Å².